The number of halogens is 5. The molecule has 0 heterocycles. The van der Waals surface area contributed by atoms with Gasteiger partial charge in [0, 0.05) is 16.6 Å². The molecular weight excluding hydrogens is 314 g/mol. The predicted octanol–water partition coefficient (Wildman–Crippen LogP) is 3.24. The Bertz CT molecular complexity index is 620. The number of benzene rings is 1. The number of nitriles is 1. The molecule has 0 aliphatic rings. The van der Waals surface area contributed by atoms with E-state index in [1.54, 1.807) is 0 Å². The summed E-state index contributed by atoms with van der Waals surface area (Å²) in [6.07, 6.45) is -4.73. The van der Waals surface area contributed by atoms with Crippen LogP contribution in [-0.4, -0.2) is 8.42 Å². The molecule has 0 saturated carbocycles. The van der Waals surface area contributed by atoms with Crippen molar-refractivity contribution >= 4 is 31.3 Å². The second-order valence-corrected chi connectivity index (χ2v) is 5.99. The van der Waals surface area contributed by atoms with Crippen LogP contribution in [0.15, 0.2) is 17.0 Å². The molecule has 0 radical (unpaired) electrons. The van der Waals surface area contributed by atoms with Gasteiger partial charge < -0.3 is 0 Å². The van der Waals surface area contributed by atoms with E-state index in [1.165, 1.54) is 6.07 Å². The van der Waals surface area contributed by atoms with Gasteiger partial charge >= 0.3 is 6.18 Å². The van der Waals surface area contributed by atoms with Crippen LogP contribution in [0.5, 0.6) is 0 Å². The highest BCUT2D eigenvalue weighted by Gasteiger charge is 2.35. The van der Waals surface area contributed by atoms with E-state index in [0.29, 0.717) is 12.1 Å². The Labute approximate surface area is 110 Å². The summed E-state index contributed by atoms with van der Waals surface area (Å²) in [7, 11) is 0.718. The SMILES string of the molecule is N#Cc1cc(C(F)(F)F)c(CCl)cc1S(=O)(=O)Cl. The largest absolute Gasteiger partial charge is 0.416 e. The van der Waals surface area contributed by atoms with Gasteiger partial charge in [0.15, 0.2) is 0 Å². The average Bonchev–Trinajstić information content (AvgIpc) is 2.24. The minimum atomic E-state index is -4.73. The van der Waals surface area contributed by atoms with Crippen LogP contribution in [0.4, 0.5) is 13.2 Å². The van der Waals surface area contributed by atoms with Crippen LogP contribution in [0.25, 0.3) is 0 Å². The van der Waals surface area contributed by atoms with Crippen LogP contribution < -0.4 is 0 Å². The molecule has 0 N–H and O–H groups in total. The van der Waals surface area contributed by atoms with Crippen molar-refractivity contribution in [2.24, 2.45) is 0 Å². The van der Waals surface area contributed by atoms with Crippen LogP contribution in [0.2, 0.25) is 0 Å². The fraction of sp³-hybridized carbons (Fsp3) is 0.222. The van der Waals surface area contributed by atoms with Gasteiger partial charge in [-0.15, -0.1) is 11.6 Å². The quantitative estimate of drug-likeness (QED) is 0.621. The first-order valence-corrected chi connectivity index (χ1v) is 7.10. The van der Waals surface area contributed by atoms with E-state index < -0.39 is 42.7 Å². The van der Waals surface area contributed by atoms with Crippen molar-refractivity contribution in [1.29, 1.82) is 5.26 Å². The van der Waals surface area contributed by atoms with Crippen molar-refractivity contribution < 1.29 is 21.6 Å². The molecule has 0 aliphatic heterocycles. The van der Waals surface area contributed by atoms with E-state index in [-0.39, 0.29) is 0 Å². The zero-order valence-corrected chi connectivity index (χ0v) is 10.8. The molecule has 1 aromatic rings. The standard InChI is InChI=1S/C9H4Cl2F3NO2S/c10-3-5-2-8(18(11,16)17)6(4-15)1-7(5)9(12,13)14/h1-2H,3H2. The molecule has 0 aromatic heterocycles. The lowest BCUT2D eigenvalue weighted by Gasteiger charge is -2.13. The smallest absolute Gasteiger partial charge is 0.207 e. The first-order valence-electron chi connectivity index (χ1n) is 4.26. The van der Waals surface area contributed by atoms with Gasteiger partial charge in [0.2, 0.25) is 0 Å². The van der Waals surface area contributed by atoms with Crippen LogP contribution in [-0.2, 0) is 21.1 Å². The summed E-state index contributed by atoms with van der Waals surface area (Å²) in [4.78, 5) is -0.685. The average molecular weight is 318 g/mol. The van der Waals surface area contributed by atoms with Gasteiger partial charge in [-0.3, -0.25) is 0 Å². The number of nitrogens with zero attached hydrogens (tertiary/aromatic N) is 1. The first kappa shape index (κ1) is 15.1. The summed E-state index contributed by atoms with van der Waals surface area (Å²) in [6.45, 7) is 0. The van der Waals surface area contributed by atoms with Crippen molar-refractivity contribution in [2.75, 3.05) is 0 Å². The molecule has 1 aromatic carbocycles. The van der Waals surface area contributed by atoms with Crippen molar-refractivity contribution in [3.63, 3.8) is 0 Å². The summed E-state index contributed by atoms with van der Waals surface area (Å²) in [5.74, 6) is -0.556. The second-order valence-electron chi connectivity index (χ2n) is 3.19. The third kappa shape index (κ3) is 3.07. The topological polar surface area (TPSA) is 57.9 Å². The summed E-state index contributed by atoms with van der Waals surface area (Å²) in [6, 6.07) is 2.45. The number of alkyl halides is 4. The van der Waals surface area contributed by atoms with E-state index in [9.17, 15) is 21.6 Å². The summed E-state index contributed by atoms with van der Waals surface area (Å²) in [5.41, 5.74) is -2.29. The molecule has 98 valence electrons. The van der Waals surface area contributed by atoms with E-state index >= 15 is 0 Å². The molecular formula is C9H4Cl2F3NO2S. The maximum Gasteiger partial charge on any atom is 0.416 e. The van der Waals surface area contributed by atoms with Crippen LogP contribution >= 0.6 is 22.3 Å². The zero-order valence-electron chi connectivity index (χ0n) is 8.42. The Kier molecular flexibility index (Phi) is 4.15. The van der Waals surface area contributed by atoms with Crippen LogP contribution in [0.3, 0.4) is 0 Å². The number of hydrogen-bond acceptors (Lipinski definition) is 3. The second kappa shape index (κ2) is 4.96. The Morgan fingerprint density at radius 3 is 2.22 bits per heavy atom. The van der Waals surface area contributed by atoms with Gasteiger partial charge in [0.1, 0.15) is 11.0 Å². The minimum absolute atomic E-state index is 0.424. The summed E-state index contributed by atoms with van der Waals surface area (Å²) in [5, 5.41) is 8.66. The van der Waals surface area contributed by atoms with E-state index in [2.05, 4.69) is 0 Å². The molecule has 0 bridgehead atoms. The third-order valence-corrected chi connectivity index (χ3v) is 3.69. The lowest BCUT2D eigenvalue weighted by atomic mass is 10.0. The van der Waals surface area contributed by atoms with Crippen molar-refractivity contribution in [2.45, 2.75) is 17.0 Å². The van der Waals surface area contributed by atoms with Crippen molar-refractivity contribution in [3.05, 3.63) is 28.8 Å². The maximum atomic E-state index is 12.6. The van der Waals surface area contributed by atoms with Crippen molar-refractivity contribution in [1.82, 2.24) is 0 Å². The highest BCUT2D eigenvalue weighted by molar-refractivity contribution is 8.13. The Hall–Kier alpha value is -0.970. The van der Waals surface area contributed by atoms with Gasteiger partial charge in [0.25, 0.3) is 9.05 Å². The molecule has 0 fully saturated rings. The Morgan fingerprint density at radius 2 is 1.89 bits per heavy atom. The van der Waals surface area contributed by atoms with Crippen molar-refractivity contribution in [3.8, 4) is 6.07 Å². The van der Waals surface area contributed by atoms with Crippen LogP contribution in [0.1, 0.15) is 16.7 Å². The maximum absolute atomic E-state index is 12.6. The molecule has 3 nitrogen and oxygen atoms in total. The fourth-order valence-electron chi connectivity index (χ4n) is 1.29. The molecule has 0 aliphatic carbocycles. The summed E-state index contributed by atoms with van der Waals surface area (Å²) < 4.78 is 60.2. The van der Waals surface area contributed by atoms with Crippen LogP contribution in [0, 0.1) is 11.3 Å². The van der Waals surface area contributed by atoms with Gasteiger partial charge in [-0.1, -0.05) is 0 Å². The number of hydrogen-bond donors (Lipinski definition) is 0. The fourth-order valence-corrected chi connectivity index (χ4v) is 2.54. The molecule has 9 heteroatoms. The molecule has 0 spiro atoms. The number of rotatable bonds is 2. The lowest BCUT2D eigenvalue weighted by molar-refractivity contribution is -0.138. The van der Waals surface area contributed by atoms with Gasteiger partial charge in [0.05, 0.1) is 11.1 Å². The summed E-state index contributed by atoms with van der Waals surface area (Å²) >= 11 is 5.33. The predicted molar refractivity (Wildman–Crippen MR) is 58.8 cm³/mol. The molecule has 0 atom stereocenters. The Balaban J connectivity index is 3.70. The molecule has 0 amide bonds. The van der Waals surface area contributed by atoms with Gasteiger partial charge in [-0.2, -0.15) is 18.4 Å². The van der Waals surface area contributed by atoms with E-state index in [4.69, 9.17) is 27.5 Å². The van der Waals surface area contributed by atoms with Gasteiger partial charge in [-0.05, 0) is 17.7 Å². The first-order chi connectivity index (χ1) is 8.11. The molecule has 0 unspecified atom stereocenters. The van der Waals surface area contributed by atoms with E-state index in [0.717, 1.165) is 0 Å². The monoisotopic (exact) mass is 317 g/mol. The third-order valence-electron chi connectivity index (χ3n) is 2.04. The van der Waals surface area contributed by atoms with E-state index in [1.807, 2.05) is 0 Å². The highest BCUT2D eigenvalue weighted by Crippen LogP contribution is 2.36. The molecule has 18 heavy (non-hydrogen) atoms. The normalized spacial score (nSPS) is 12.2. The highest BCUT2D eigenvalue weighted by atomic mass is 35.7. The Morgan fingerprint density at radius 1 is 1.33 bits per heavy atom. The molecule has 1 rings (SSSR count). The minimum Gasteiger partial charge on any atom is -0.207 e. The zero-order chi connectivity index (χ0) is 14.1. The van der Waals surface area contributed by atoms with Gasteiger partial charge in [-0.25, -0.2) is 8.42 Å². The lowest BCUT2D eigenvalue weighted by Crippen LogP contribution is -2.11. The molecule has 0 saturated heterocycles.